The molecule has 60 heavy (non-hydrogen) atoms. The van der Waals surface area contributed by atoms with Crippen LogP contribution in [-0.2, 0) is 0 Å². The first-order valence-electron chi connectivity index (χ1n) is 20.1. The van der Waals surface area contributed by atoms with E-state index in [1.165, 1.54) is 11.1 Å². The standard InChI is InChI=1S/C55H36N4O/c1-5-15-37(16-6-1)39-25-30-45(31-26-39)59(46-32-27-40(28-33-46)38-17-7-2-8-18-38)51-47-24-14-13-23-43(47)35-49-48-34-29-44(36-50(48)60-52(49)51)55-57-53(41-19-9-3-10-20-41)56-54(58-55)42-21-11-4-12-22-42/h1-36H. The molecule has 5 nitrogen and oxygen atoms in total. The van der Waals surface area contributed by atoms with Crippen LogP contribution in [0.15, 0.2) is 223 Å². The Kier molecular flexibility index (Phi) is 8.75. The smallest absolute Gasteiger partial charge is 0.164 e. The quantitative estimate of drug-likeness (QED) is 0.154. The zero-order chi connectivity index (χ0) is 39.8. The van der Waals surface area contributed by atoms with Gasteiger partial charge < -0.3 is 9.32 Å². The molecule has 0 aliphatic rings. The number of fused-ring (bicyclic) bond motifs is 4. The van der Waals surface area contributed by atoms with Crippen molar-refractivity contribution < 1.29 is 4.42 Å². The third-order valence-corrected chi connectivity index (χ3v) is 11.1. The van der Waals surface area contributed by atoms with Crippen LogP contribution in [0.3, 0.4) is 0 Å². The highest BCUT2D eigenvalue weighted by Gasteiger charge is 2.24. The fraction of sp³-hybridized carbons (Fsp3) is 0. The fourth-order valence-electron chi connectivity index (χ4n) is 8.13. The van der Waals surface area contributed by atoms with E-state index in [9.17, 15) is 0 Å². The van der Waals surface area contributed by atoms with E-state index < -0.39 is 0 Å². The third kappa shape index (κ3) is 6.45. The summed E-state index contributed by atoms with van der Waals surface area (Å²) in [5.74, 6) is 1.81. The summed E-state index contributed by atoms with van der Waals surface area (Å²) < 4.78 is 7.08. The van der Waals surface area contributed by atoms with Crippen LogP contribution in [0.25, 0.3) is 89.1 Å². The lowest BCUT2D eigenvalue weighted by molar-refractivity contribution is 0.669. The fourth-order valence-corrected chi connectivity index (χ4v) is 8.13. The van der Waals surface area contributed by atoms with Gasteiger partial charge in [0.05, 0.1) is 5.69 Å². The Balaban J connectivity index is 1.11. The van der Waals surface area contributed by atoms with Crippen molar-refractivity contribution >= 4 is 49.8 Å². The van der Waals surface area contributed by atoms with E-state index in [1.807, 2.05) is 60.7 Å². The number of furan rings is 1. The molecule has 0 spiro atoms. The van der Waals surface area contributed by atoms with Crippen LogP contribution in [0.4, 0.5) is 17.1 Å². The highest BCUT2D eigenvalue weighted by atomic mass is 16.3. The molecular weight excluding hydrogens is 733 g/mol. The monoisotopic (exact) mass is 768 g/mol. The topological polar surface area (TPSA) is 55.1 Å². The van der Waals surface area contributed by atoms with Gasteiger partial charge in [-0.15, -0.1) is 0 Å². The molecule has 0 bridgehead atoms. The zero-order valence-corrected chi connectivity index (χ0v) is 32.5. The first kappa shape index (κ1) is 35.0. The van der Waals surface area contributed by atoms with Gasteiger partial charge in [-0.25, -0.2) is 15.0 Å². The number of rotatable bonds is 8. The Morgan fingerprint density at radius 2 is 0.733 bits per heavy atom. The van der Waals surface area contributed by atoms with Crippen LogP contribution in [0.1, 0.15) is 0 Å². The second-order valence-corrected chi connectivity index (χ2v) is 14.8. The summed E-state index contributed by atoms with van der Waals surface area (Å²) in [6.45, 7) is 0. The lowest BCUT2D eigenvalue weighted by atomic mass is 10.0. The van der Waals surface area contributed by atoms with E-state index in [1.54, 1.807) is 0 Å². The molecule has 0 fully saturated rings. The van der Waals surface area contributed by atoms with Crippen LogP contribution in [-0.4, -0.2) is 15.0 Å². The molecule has 0 unspecified atom stereocenters. The summed E-state index contributed by atoms with van der Waals surface area (Å²) in [4.78, 5) is 17.3. The van der Waals surface area contributed by atoms with Crippen molar-refractivity contribution in [3.05, 3.63) is 218 Å². The minimum absolute atomic E-state index is 0.578. The van der Waals surface area contributed by atoms with Gasteiger partial charge in [0.25, 0.3) is 0 Å². The molecular formula is C55H36N4O. The molecule has 0 aliphatic carbocycles. The first-order valence-corrected chi connectivity index (χ1v) is 20.1. The Hall–Kier alpha value is -8.15. The Morgan fingerprint density at radius 3 is 1.25 bits per heavy atom. The molecule has 2 aromatic heterocycles. The van der Waals surface area contributed by atoms with Crippen LogP contribution in [0.5, 0.6) is 0 Å². The van der Waals surface area contributed by atoms with E-state index in [0.29, 0.717) is 17.5 Å². The van der Waals surface area contributed by atoms with Crippen LogP contribution >= 0.6 is 0 Å². The van der Waals surface area contributed by atoms with Crippen molar-refractivity contribution in [2.75, 3.05) is 4.90 Å². The average Bonchev–Trinajstić information content (AvgIpc) is 3.70. The first-order chi connectivity index (χ1) is 29.7. The van der Waals surface area contributed by atoms with Gasteiger partial charge in [0.2, 0.25) is 0 Å². The molecule has 2 heterocycles. The van der Waals surface area contributed by atoms with E-state index in [-0.39, 0.29) is 0 Å². The minimum Gasteiger partial charge on any atom is -0.454 e. The van der Waals surface area contributed by atoms with Gasteiger partial charge >= 0.3 is 0 Å². The summed E-state index contributed by atoms with van der Waals surface area (Å²) in [5.41, 5.74) is 11.9. The van der Waals surface area contributed by atoms with Gasteiger partial charge in [-0.05, 0) is 70.1 Å². The molecule has 0 aliphatic heterocycles. The van der Waals surface area contributed by atoms with E-state index in [4.69, 9.17) is 19.4 Å². The molecule has 0 N–H and O–H groups in total. The Bertz CT molecular complexity index is 3140. The summed E-state index contributed by atoms with van der Waals surface area (Å²) in [7, 11) is 0. The zero-order valence-electron chi connectivity index (χ0n) is 32.5. The minimum atomic E-state index is 0.578. The maximum Gasteiger partial charge on any atom is 0.164 e. The molecule has 282 valence electrons. The summed E-state index contributed by atoms with van der Waals surface area (Å²) >= 11 is 0. The van der Waals surface area contributed by atoms with Gasteiger partial charge in [-0.1, -0.05) is 176 Å². The van der Waals surface area contributed by atoms with Crippen LogP contribution in [0.2, 0.25) is 0 Å². The number of benzene rings is 9. The molecule has 9 aromatic carbocycles. The highest BCUT2D eigenvalue weighted by molar-refractivity contribution is 6.19. The number of hydrogen-bond acceptors (Lipinski definition) is 5. The van der Waals surface area contributed by atoms with E-state index in [0.717, 1.165) is 77.6 Å². The second kappa shape index (κ2) is 15.0. The molecule has 11 aromatic rings. The van der Waals surface area contributed by atoms with E-state index >= 15 is 0 Å². The Labute approximate surface area is 347 Å². The third-order valence-electron chi connectivity index (χ3n) is 11.1. The van der Waals surface area contributed by atoms with Crippen molar-refractivity contribution in [1.29, 1.82) is 0 Å². The molecule has 0 saturated carbocycles. The van der Waals surface area contributed by atoms with Crippen molar-refractivity contribution in [3.63, 3.8) is 0 Å². The van der Waals surface area contributed by atoms with E-state index in [2.05, 4.69) is 163 Å². The molecule has 5 heteroatoms. The molecule has 0 atom stereocenters. The molecule has 0 saturated heterocycles. The SMILES string of the molecule is c1ccc(-c2ccc(N(c3ccc(-c4ccccc4)cc3)c3c4ccccc4cc4c3oc3cc(-c5nc(-c6ccccc6)nc(-c6ccccc6)n5)ccc34)cc2)cc1. The summed E-state index contributed by atoms with van der Waals surface area (Å²) in [6, 6.07) is 75.8. The van der Waals surface area contributed by atoms with Crippen molar-refractivity contribution in [2.45, 2.75) is 0 Å². The van der Waals surface area contributed by atoms with Gasteiger partial charge in [-0.3, -0.25) is 0 Å². The lowest BCUT2D eigenvalue weighted by Crippen LogP contribution is -2.11. The summed E-state index contributed by atoms with van der Waals surface area (Å²) in [6.07, 6.45) is 0. The van der Waals surface area contributed by atoms with Gasteiger partial charge in [0.1, 0.15) is 5.58 Å². The van der Waals surface area contributed by atoms with Gasteiger partial charge in [0, 0.05) is 44.2 Å². The van der Waals surface area contributed by atoms with Gasteiger partial charge in [0.15, 0.2) is 23.1 Å². The van der Waals surface area contributed by atoms with Crippen molar-refractivity contribution in [2.24, 2.45) is 0 Å². The van der Waals surface area contributed by atoms with Crippen molar-refractivity contribution in [3.8, 4) is 56.4 Å². The number of nitrogens with zero attached hydrogens (tertiary/aromatic N) is 4. The van der Waals surface area contributed by atoms with Crippen molar-refractivity contribution in [1.82, 2.24) is 15.0 Å². The lowest BCUT2D eigenvalue weighted by Gasteiger charge is -2.27. The average molecular weight is 769 g/mol. The van der Waals surface area contributed by atoms with Crippen LogP contribution in [0, 0.1) is 0 Å². The Morgan fingerprint density at radius 1 is 0.317 bits per heavy atom. The number of hydrogen-bond donors (Lipinski definition) is 0. The molecule has 11 rings (SSSR count). The maximum absolute atomic E-state index is 7.08. The predicted octanol–water partition coefficient (Wildman–Crippen LogP) is 14.7. The largest absolute Gasteiger partial charge is 0.454 e. The maximum atomic E-state index is 7.08. The predicted molar refractivity (Wildman–Crippen MR) is 246 cm³/mol. The molecule has 0 radical (unpaired) electrons. The molecule has 0 amide bonds. The highest BCUT2D eigenvalue weighted by Crippen LogP contribution is 2.47. The summed E-state index contributed by atoms with van der Waals surface area (Å²) in [5, 5.41) is 4.25. The number of aromatic nitrogens is 3. The number of anilines is 3. The normalized spacial score (nSPS) is 11.3. The van der Waals surface area contributed by atoms with Crippen LogP contribution < -0.4 is 4.90 Å². The van der Waals surface area contributed by atoms with Gasteiger partial charge in [-0.2, -0.15) is 0 Å². The second-order valence-electron chi connectivity index (χ2n) is 14.8.